The van der Waals surface area contributed by atoms with E-state index in [1.165, 1.54) is 10.6 Å². The highest BCUT2D eigenvalue weighted by molar-refractivity contribution is 6.02. The number of nitrogen functional groups attached to an aromatic ring is 1. The van der Waals surface area contributed by atoms with Gasteiger partial charge in [-0.25, -0.2) is 9.37 Å². The van der Waals surface area contributed by atoms with E-state index in [2.05, 4.69) is 20.2 Å². The number of aromatic amines is 1. The molecule has 0 saturated heterocycles. The number of rotatable bonds is 6. The Labute approximate surface area is 233 Å². The molecule has 1 saturated carbocycles. The quantitative estimate of drug-likeness (QED) is 0.264. The summed E-state index contributed by atoms with van der Waals surface area (Å²) in [6, 6.07) is 17.8. The van der Waals surface area contributed by atoms with Crippen LogP contribution in [-0.2, 0) is 6.61 Å². The molecule has 1 fully saturated rings. The Bertz CT molecular complexity index is 2050. The summed E-state index contributed by atoms with van der Waals surface area (Å²) in [4.78, 5) is 22.5. The van der Waals surface area contributed by atoms with Crippen molar-refractivity contribution in [2.45, 2.75) is 25.4 Å². The Morgan fingerprint density at radius 3 is 2.68 bits per heavy atom. The molecule has 3 aromatic carbocycles. The predicted octanol–water partition coefficient (Wildman–Crippen LogP) is 5.09. The maximum Gasteiger partial charge on any atom is 0.265 e. The zero-order valence-electron chi connectivity index (χ0n) is 22.1. The molecule has 1 aliphatic carbocycles. The van der Waals surface area contributed by atoms with Crippen molar-refractivity contribution < 1.29 is 14.2 Å². The molecule has 41 heavy (non-hydrogen) atoms. The molecule has 0 atom stereocenters. The SMILES string of the molecule is COc1cccc(-c2n[nH]c3nc(N)nc(-c4cccc(-n5ccc6cc(C7CC7)cc(F)c6c5=O)c4CO)c23)c1. The second-order valence-electron chi connectivity index (χ2n) is 10.2. The average Bonchev–Trinajstić information content (AvgIpc) is 3.75. The van der Waals surface area contributed by atoms with Crippen molar-refractivity contribution in [1.29, 1.82) is 0 Å². The number of aromatic nitrogens is 5. The van der Waals surface area contributed by atoms with Crippen LogP contribution in [0.2, 0.25) is 0 Å². The number of pyridine rings is 1. The van der Waals surface area contributed by atoms with Crippen molar-refractivity contribution in [2.24, 2.45) is 0 Å². The summed E-state index contributed by atoms with van der Waals surface area (Å²) in [5, 5.41) is 19.2. The van der Waals surface area contributed by atoms with Gasteiger partial charge < -0.3 is 15.6 Å². The largest absolute Gasteiger partial charge is 0.497 e. The highest BCUT2D eigenvalue weighted by Gasteiger charge is 2.26. The van der Waals surface area contributed by atoms with Gasteiger partial charge in [0.25, 0.3) is 5.56 Å². The zero-order chi connectivity index (χ0) is 28.2. The number of nitrogens with zero attached hydrogens (tertiary/aromatic N) is 4. The molecule has 0 aliphatic heterocycles. The summed E-state index contributed by atoms with van der Waals surface area (Å²) in [6.45, 7) is -0.420. The van der Waals surface area contributed by atoms with Crippen LogP contribution in [0.25, 0.3) is 50.0 Å². The summed E-state index contributed by atoms with van der Waals surface area (Å²) in [6.07, 6.45) is 3.68. The van der Waals surface area contributed by atoms with Crippen molar-refractivity contribution in [3.05, 3.63) is 94.2 Å². The lowest BCUT2D eigenvalue weighted by molar-refractivity contribution is 0.282. The van der Waals surface area contributed by atoms with E-state index in [1.807, 2.05) is 30.3 Å². The van der Waals surface area contributed by atoms with Gasteiger partial charge in [0.05, 0.1) is 35.9 Å². The average molecular weight is 549 g/mol. The molecule has 204 valence electrons. The van der Waals surface area contributed by atoms with Gasteiger partial charge in [-0.2, -0.15) is 10.1 Å². The molecule has 0 unspecified atom stereocenters. The number of anilines is 1. The molecule has 10 heteroatoms. The van der Waals surface area contributed by atoms with Crippen molar-refractivity contribution in [2.75, 3.05) is 12.8 Å². The lowest BCUT2D eigenvalue weighted by Gasteiger charge is -2.16. The molecular weight excluding hydrogens is 523 g/mol. The number of halogens is 1. The van der Waals surface area contributed by atoms with E-state index in [0.29, 0.717) is 56.3 Å². The third-order valence-corrected chi connectivity index (χ3v) is 7.63. The first-order chi connectivity index (χ1) is 20.0. The number of nitrogens with one attached hydrogen (secondary N) is 1. The molecule has 0 radical (unpaired) electrons. The molecule has 7 rings (SSSR count). The van der Waals surface area contributed by atoms with Crippen molar-refractivity contribution >= 4 is 27.8 Å². The normalized spacial score (nSPS) is 13.2. The summed E-state index contributed by atoms with van der Waals surface area (Å²) < 4.78 is 22.0. The third kappa shape index (κ3) is 4.11. The minimum Gasteiger partial charge on any atom is -0.497 e. The second-order valence-corrected chi connectivity index (χ2v) is 10.2. The number of aliphatic hydroxyl groups is 1. The van der Waals surface area contributed by atoms with Crippen LogP contribution in [0.4, 0.5) is 10.3 Å². The zero-order valence-corrected chi connectivity index (χ0v) is 22.1. The Balaban J connectivity index is 1.45. The Morgan fingerprint density at radius 2 is 1.90 bits per heavy atom. The highest BCUT2D eigenvalue weighted by atomic mass is 19.1. The maximum absolute atomic E-state index is 15.2. The predicted molar refractivity (Wildman–Crippen MR) is 154 cm³/mol. The van der Waals surface area contributed by atoms with Gasteiger partial charge in [-0.3, -0.25) is 14.5 Å². The number of fused-ring (bicyclic) bond motifs is 2. The topological polar surface area (TPSA) is 132 Å². The fraction of sp³-hybridized carbons (Fsp3) is 0.161. The van der Waals surface area contributed by atoms with E-state index in [9.17, 15) is 9.90 Å². The van der Waals surface area contributed by atoms with E-state index in [0.717, 1.165) is 24.0 Å². The Kier molecular flexibility index (Phi) is 5.79. The number of aliphatic hydroxyl groups excluding tert-OH is 1. The van der Waals surface area contributed by atoms with Crippen LogP contribution in [0.3, 0.4) is 0 Å². The third-order valence-electron chi connectivity index (χ3n) is 7.63. The van der Waals surface area contributed by atoms with Crippen LogP contribution in [-0.4, -0.2) is 36.9 Å². The summed E-state index contributed by atoms with van der Waals surface area (Å²) in [7, 11) is 1.59. The number of benzene rings is 3. The van der Waals surface area contributed by atoms with Gasteiger partial charge in [-0.05, 0) is 60.0 Å². The van der Waals surface area contributed by atoms with Crippen LogP contribution in [0.1, 0.15) is 29.9 Å². The van der Waals surface area contributed by atoms with Crippen LogP contribution in [0.15, 0.2) is 71.7 Å². The number of H-pyrrole nitrogens is 1. The summed E-state index contributed by atoms with van der Waals surface area (Å²) >= 11 is 0. The van der Waals surface area contributed by atoms with Gasteiger partial charge in [0.2, 0.25) is 5.95 Å². The van der Waals surface area contributed by atoms with Gasteiger partial charge in [0.15, 0.2) is 5.65 Å². The van der Waals surface area contributed by atoms with E-state index in [1.54, 1.807) is 37.6 Å². The lowest BCUT2D eigenvalue weighted by Crippen LogP contribution is -2.20. The minimum absolute atomic E-state index is 0.00927. The van der Waals surface area contributed by atoms with Crippen LogP contribution in [0.5, 0.6) is 5.75 Å². The lowest BCUT2D eigenvalue weighted by atomic mass is 9.98. The number of hydrogen-bond acceptors (Lipinski definition) is 7. The standard InChI is InChI=1S/C31H25FN6O3/c1-41-20-5-2-4-18(13-20)27-26-28(34-31(33)35-29(26)37-36-27)21-6-3-7-24(22(21)15-39)38-11-10-17-12-19(16-8-9-16)14-23(32)25(17)30(38)40/h2-7,10-14,16,39H,8-9,15H2,1H3,(H3,33,34,35,36,37). The smallest absolute Gasteiger partial charge is 0.265 e. The number of methoxy groups -OCH3 is 1. The van der Waals surface area contributed by atoms with Crippen LogP contribution in [0, 0.1) is 5.82 Å². The molecule has 4 N–H and O–H groups in total. The molecule has 0 spiro atoms. The monoisotopic (exact) mass is 548 g/mol. The first-order valence-corrected chi connectivity index (χ1v) is 13.2. The first-order valence-electron chi connectivity index (χ1n) is 13.2. The fourth-order valence-electron chi connectivity index (χ4n) is 5.50. The van der Waals surface area contributed by atoms with Gasteiger partial charge in [0.1, 0.15) is 17.3 Å². The number of ether oxygens (including phenoxy) is 1. The fourth-order valence-corrected chi connectivity index (χ4v) is 5.50. The van der Waals surface area contributed by atoms with Gasteiger partial charge in [-0.15, -0.1) is 0 Å². The summed E-state index contributed by atoms with van der Waals surface area (Å²) in [5.74, 6) is 0.480. The molecule has 6 aromatic rings. The van der Waals surface area contributed by atoms with Crippen LogP contribution >= 0.6 is 0 Å². The molecule has 0 amide bonds. The van der Waals surface area contributed by atoms with Gasteiger partial charge in [0, 0.05) is 22.9 Å². The van der Waals surface area contributed by atoms with Crippen molar-refractivity contribution in [3.63, 3.8) is 0 Å². The second kappa shape index (κ2) is 9.53. The Morgan fingerprint density at radius 1 is 1.07 bits per heavy atom. The van der Waals surface area contributed by atoms with Gasteiger partial charge in [-0.1, -0.05) is 30.3 Å². The van der Waals surface area contributed by atoms with Crippen molar-refractivity contribution in [3.8, 4) is 34.0 Å². The van der Waals surface area contributed by atoms with Crippen molar-refractivity contribution in [1.82, 2.24) is 24.7 Å². The number of nitrogens with two attached hydrogens (primary N) is 1. The van der Waals surface area contributed by atoms with Gasteiger partial charge >= 0.3 is 0 Å². The van der Waals surface area contributed by atoms with E-state index in [-0.39, 0.29) is 11.3 Å². The molecule has 3 aromatic heterocycles. The van der Waals surface area contributed by atoms with E-state index >= 15 is 4.39 Å². The minimum atomic E-state index is -0.544. The molecule has 1 aliphatic rings. The maximum atomic E-state index is 15.2. The Hall–Kier alpha value is -5.09. The number of hydrogen-bond donors (Lipinski definition) is 3. The summed E-state index contributed by atoms with van der Waals surface area (Å²) in [5.41, 5.74) is 10.0. The highest BCUT2D eigenvalue weighted by Crippen LogP contribution is 2.41. The molecule has 3 heterocycles. The molecule has 9 nitrogen and oxygen atoms in total. The molecular formula is C31H25FN6O3. The van der Waals surface area contributed by atoms with E-state index in [4.69, 9.17) is 10.5 Å². The van der Waals surface area contributed by atoms with E-state index < -0.39 is 18.0 Å². The first kappa shape index (κ1) is 24.9. The molecule has 0 bridgehead atoms. The van der Waals surface area contributed by atoms with Crippen LogP contribution < -0.4 is 16.0 Å².